The number of halogens is 1. The van der Waals surface area contributed by atoms with E-state index in [-0.39, 0.29) is 42.0 Å². The van der Waals surface area contributed by atoms with Crippen LogP contribution >= 0.6 is 24.0 Å². The van der Waals surface area contributed by atoms with Crippen LogP contribution in [0, 0.1) is 0 Å². The first-order valence-corrected chi connectivity index (χ1v) is 7.35. The molecule has 0 aliphatic heterocycles. The second kappa shape index (κ2) is 10.1. The van der Waals surface area contributed by atoms with Crippen molar-refractivity contribution in [2.24, 2.45) is 10.7 Å². The number of nitrogens with zero attached hydrogens (tertiary/aromatic N) is 1. The summed E-state index contributed by atoms with van der Waals surface area (Å²) < 4.78 is 0. The molecule has 0 heterocycles. The maximum Gasteiger partial charge on any atom is 0.248 e. The number of nitrogens with one attached hydrogen (secondary N) is 3. The quantitative estimate of drug-likeness (QED) is 0.307. The number of hydrogen-bond donors (Lipinski definition) is 4. The Morgan fingerprint density at radius 2 is 1.88 bits per heavy atom. The summed E-state index contributed by atoms with van der Waals surface area (Å²) in [5, 5.41) is 8.87. The van der Waals surface area contributed by atoms with Crippen molar-refractivity contribution in [2.75, 3.05) is 13.6 Å². The van der Waals surface area contributed by atoms with Crippen molar-refractivity contribution < 1.29 is 9.59 Å². The molecule has 0 radical (unpaired) electrons. The smallest absolute Gasteiger partial charge is 0.248 e. The first-order chi connectivity index (χ1) is 10.7. The van der Waals surface area contributed by atoms with E-state index in [0.717, 1.165) is 5.56 Å². The van der Waals surface area contributed by atoms with Crippen LogP contribution in [0.2, 0.25) is 0 Å². The highest BCUT2D eigenvalue weighted by molar-refractivity contribution is 14.0. The summed E-state index contributed by atoms with van der Waals surface area (Å²) in [5.74, 6) is -0.0806. The standard InChI is InChI=1S/C16H25N5O2.HI/c1-16(2,3)21-13(22)10-20-15(18-4)19-9-11-6-5-7-12(8-11)14(17)23;/h5-8H,9-10H2,1-4H3,(H2,17,23)(H,21,22)(H2,18,19,20);1H. The lowest BCUT2D eigenvalue weighted by Crippen LogP contribution is -2.48. The third kappa shape index (κ3) is 8.70. The predicted octanol–water partition coefficient (Wildman–Crippen LogP) is 0.983. The molecule has 0 atom stereocenters. The molecular formula is C16H26IN5O2. The van der Waals surface area contributed by atoms with Crippen LogP contribution < -0.4 is 21.7 Å². The van der Waals surface area contributed by atoms with Gasteiger partial charge in [-0.1, -0.05) is 12.1 Å². The lowest BCUT2D eigenvalue weighted by atomic mass is 10.1. The monoisotopic (exact) mass is 447 g/mol. The summed E-state index contributed by atoms with van der Waals surface area (Å²) >= 11 is 0. The molecule has 0 saturated carbocycles. The van der Waals surface area contributed by atoms with Crippen LogP contribution in [-0.2, 0) is 11.3 Å². The highest BCUT2D eigenvalue weighted by atomic mass is 127. The Labute approximate surface area is 159 Å². The number of rotatable bonds is 5. The van der Waals surface area contributed by atoms with Crippen LogP contribution in [0.3, 0.4) is 0 Å². The number of hydrogen-bond acceptors (Lipinski definition) is 3. The molecule has 0 saturated heterocycles. The topological polar surface area (TPSA) is 109 Å². The lowest BCUT2D eigenvalue weighted by molar-refractivity contribution is -0.121. The minimum atomic E-state index is -0.465. The SMILES string of the molecule is CN=C(NCC(=O)NC(C)(C)C)NCc1cccc(C(N)=O)c1.I. The highest BCUT2D eigenvalue weighted by Gasteiger charge is 2.13. The van der Waals surface area contributed by atoms with Crippen molar-refractivity contribution in [1.82, 2.24) is 16.0 Å². The molecule has 0 unspecified atom stereocenters. The van der Waals surface area contributed by atoms with E-state index in [4.69, 9.17) is 5.73 Å². The van der Waals surface area contributed by atoms with Gasteiger partial charge in [0.05, 0.1) is 6.54 Å². The normalized spacial score (nSPS) is 11.2. The van der Waals surface area contributed by atoms with Gasteiger partial charge in [-0.2, -0.15) is 0 Å². The zero-order valence-corrected chi connectivity index (χ0v) is 16.8. The van der Waals surface area contributed by atoms with Crippen molar-refractivity contribution in [3.8, 4) is 0 Å². The molecule has 0 aliphatic rings. The first kappa shape index (κ1) is 22.2. The minimum absolute atomic E-state index is 0. The largest absolute Gasteiger partial charge is 0.366 e. The van der Waals surface area contributed by atoms with Crippen LogP contribution in [0.15, 0.2) is 29.3 Å². The number of amides is 2. The van der Waals surface area contributed by atoms with Crippen LogP contribution in [0.4, 0.5) is 0 Å². The molecule has 2 amide bonds. The maximum atomic E-state index is 11.8. The third-order valence-corrected chi connectivity index (χ3v) is 2.83. The summed E-state index contributed by atoms with van der Waals surface area (Å²) in [4.78, 5) is 27.0. The van der Waals surface area contributed by atoms with Gasteiger partial charge in [-0.25, -0.2) is 0 Å². The molecule has 134 valence electrons. The number of nitrogens with two attached hydrogens (primary N) is 1. The number of primary amides is 1. The molecular weight excluding hydrogens is 421 g/mol. The lowest BCUT2D eigenvalue weighted by Gasteiger charge is -2.21. The van der Waals surface area contributed by atoms with Crippen molar-refractivity contribution in [3.05, 3.63) is 35.4 Å². The average molecular weight is 447 g/mol. The van der Waals surface area contributed by atoms with Gasteiger partial charge in [0.2, 0.25) is 11.8 Å². The summed E-state index contributed by atoms with van der Waals surface area (Å²) in [7, 11) is 1.62. The molecule has 0 spiro atoms. The molecule has 0 aliphatic carbocycles. The van der Waals surface area contributed by atoms with E-state index < -0.39 is 5.91 Å². The zero-order valence-electron chi connectivity index (χ0n) is 14.5. The number of carbonyl (C=O) groups excluding carboxylic acids is 2. The van der Waals surface area contributed by atoms with Gasteiger partial charge < -0.3 is 21.7 Å². The van der Waals surface area contributed by atoms with Crippen molar-refractivity contribution in [2.45, 2.75) is 32.9 Å². The Morgan fingerprint density at radius 1 is 1.21 bits per heavy atom. The number of aliphatic imine (C=N–C) groups is 1. The summed E-state index contributed by atoms with van der Waals surface area (Å²) in [6.45, 7) is 6.34. The summed E-state index contributed by atoms with van der Waals surface area (Å²) in [6.07, 6.45) is 0. The summed E-state index contributed by atoms with van der Waals surface area (Å²) in [5.41, 5.74) is 6.33. The van der Waals surface area contributed by atoms with Crippen molar-refractivity contribution in [3.63, 3.8) is 0 Å². The van der Waals surface area contributed by atoms with E-state index in [0.29, 0.717) is 18.1 Å². The van der Waals surface area contributed by atoms with Crippen molar-refractivity contribution in [1.29, 1.82) is 0 Å². The van der Waals surface area contributed by atoms with Gasteiger partial charge in [0, 0.05) is 24.7 Å². The summed E-state index contributed by atoms with van der Waals surface area (Å²) in [6, 6.07) is 7.02. The van der Waals surface area contributed by atoms with E-state index in [1.165, 1.54) is 0 Å². The third-order valence-electron chi connectivity index (χ3n) is 2.83. The molecule has 1 aromatic carbocycles. The van der Waals surface area contributed by atoms with Gasteiger partial charge in [-0.15, -0.1) is 24.0 Å². The van der Waals surface area contributed by atoms with Gasteiger partial charge in [0.1, 0.15) is 0 Å². The van der Waals surface area contributed by atoms with Crippen LogP contribution in [0.25, 0.3) is 0 Å². The molecule has 1 aromatic rings. The Balaban J connectivity index is 0.00000529. The van der Waals surface area contributed by atoms with E-state index >= 15 is 0 Å². The Bertz CT molecular complexity index is 596. The van der Waals surface area contributed by atoms with Gasteiger partial charge >= 0.3 is 0 Å². The van der Waals surface area contributed by atoms with Crippen molar-refractivity contribution >= 4 is 41.8 Å². The second-order valence-electron chi connectivity index (χ2n) is 6.14. The van der Waals surface area contributed by atoms with E-state index in [1.807, 2.05) is 26.8 Å². The fourth-order valence-electron chi connectivity index (χ4n) is 1.87. The van der Waals surface area contributed by atoms with Gasteiger partial charge in [0.15, 0.2) is 5.96 Å². The van der Waals surface area contributed by atoms with E-state index in [2.05, 4.69) is 20.9 Å². The maximum absolute atomic E-state index is 11.8. The van der Waals surface area contributed by atoms with Crippen LogP contribution in [-0.4, -0.2) is 36.9 Å². The number of benzene rings is 1. The van der Waals surface area contributed by atoms with Gasteiger partial charge in [-0.05, 0) is 38.5 Å². The molecule has 5 N–H and O–H groups in total. The second-order valence-corrected chi connectivity index (χ2v) is 6.14. The Hall–Kier alpha value is -1.84. The Morgan fingerprint density at radius 3 is 2.42 bits per heavy atom. The predicted molar refractivity (Wildman–Crippen MR) is 106 cm³/mol. The average Bonchev–Trinajstić information content (AvgIpc) is 2.46. The van der Waals surface area contributed by atoms with Crippen LogP contribution in [0.5, 0.6) is 0 Å². The number of carbonyl (C=O) groups is 2. The molecule has 0 bridgehead atoms. The molecule has 8 heteroatoms. The number of guanidine groups is 1. The van der Waals surface area contributed by atoms with Gasteiger partial charge in [-0.3, -0.25) is 14.6 Å². The molecule has 0 aromatic heterocycles. The Kier molecular flexibility index (Phi) is 9.34. The fourth-order valence-corrected chi connectivity index (χ4v) is 1.87. The van der Waals surface area contributed by atoms with Gasteiger partial charge in [0.25, 0.3) is 0 Å². The zero-order chi connectivity index (χ0) is 17.5. The van der Waals surface area contributed by atoms with E-state index in [9.17, 15) is 9.59 Å². The fraction of sp³-hybridized carbons (Fsp3) is 0.438. The van der Waals surface area contributed by atoms with E-state index in [1.54, 1.807) is 25.2 Å². The minimum Gasteiger partial charge on any atom is -0.366 e. The molecule has 7 nitrogen and oxygen atoms in total. The van der Waals surface area contributed by atoms with Crippen LogP contribution in [0.1, 0.15) is 36.7 Å². The first-order valence-electron chi connectivity index (χ1n) is 7.35. The molecule has 0 fully saturated rings. The molecule has 24 heavy (non-hydrogen) atoms. The highest BCUT2D eigenvalue weighted by Crippen LogP contribution is 2.04. The molecule has 1 rings (SSSR count).